The van der Waals surface area contributed by atoms with Gasteiger partial charge in [0.2, 0.25) is 0 Å². The van der Waals surface area contributed by atoms with E-state index in [0.717, 1.165) is 16.3 Å². The fourth-order valence-electron chi connectivity index (χ4n) is 1.92. The van der Waals surface area contributed by atoms with E-state index in [1.54, 1.807) is 12.1 Å². The number of phenols is 1. The highest BCUT2D eigenvalue weighted by atomic mass is 79.9. The smallest absolute Gasteiger partial charge is 0.321 e. The number of fused-ring (bicyclic) bond motifs is 1. The Morgan fingerprint density at radius 3 is 2.50 bits per heavy atom. The van der Waals surface area contributed by atoms with E-state index in [1.807, 2.05) is 24.3 Å². The minimum atomic E-state index is -0.927. The molecule has 4 nitrogen and oxygen atoms in total. The van der Waals surface area contributed by atoms with Gasteiger partial charge in [0.25, 0.3) is 0 Å². The highest BCUT2D eigenvalue weighted by Crippen LogP contribution is 2.28. The lowest BCUT2D eigenvalue weighted by atomic mass is 9.98. The lowest BCUT2D eigenvalue weighted by molar-refractivity contribution is -0.138. The molecule has 0 aliphatic rings. The highest BCUT2D eigenvalue weighted by Gasteiger charge is 2.17. The molecule has 18 heavy (non-hydrogen) atoms. The van der Waals surface area contributed by atoms with Crippen molar-refractivity contribution >= 4 is 32.9 Å². The lowest BCUT2D eigenvalue weighted by Gasteiger charge is -2.12. The van der Waals surface area contributed by atoms with Crippen LogP contribution in [0.5, 0.6) is 5.75 Å². The first kappa shape index (κ1) is 12.9. The molecule has 0 aromatic heterocycles. The molecule has 0 heterocycles. The van der Waals surface area contributed by atoms with Crippen molar-refractivity contribution in [2.24, 2.45) is 0 Å². The van der Waals surface area contributed by atoms with Crippen molar-refractivity contribution < 1.29 is 15.0 Å². The van der Waals surface area contributed by atoms with Crippen molar-refractivity contribution in [2.75, 3.05) is 0 Å². The first-order valence-corrected chi connectivity index (χ1v) is 6.21. The van der Waals surface area contributed by atoms with Crippen LogP contribution in [0.25, 0.3) is 10.8 Å². The summed E-state index contributed by atoms with van der Waals surface area (Å²) in [7, 11) is 0. The first-order chi connectivity index (χ1) is 8.63. The Hall–Kier alpha value is -1.59. The van der Waals surface area contributed by atoms with Gasteiger partial charge >= 0.3 is 5.97 Å². The second-order valence-corrected chi connectivity index (χ2v) is 4.45. The number of hydrogen-bond acceptors (Lipinski definition) is 3. The average molecular weight is 310 g/mol. The molecule has 0 amide bonds. The molecular formula is C13H12BrNO3. The third-order valence-electron chi connectivity index (χ3n) is 2.85. The van der Waals surface area contributed by atoms with E-state index in [2.05, 4.69) is 20.5 Å². The number of aromatic hydroxyl groups is 1. The van der Waals surface area contributed by atoms with Crippen molar-refractivity contribution in [3.63, 3.8) is 0 Å². The van der Waals surface area contributed by atoms with Gasteiger partial charge in [-0.15, -0.1) is 0 Å². The molecule has 0 fully saturated rings. The summed E-state index contributed by atoms with van der Waals surface area (Å²) in [6.07, 6.45) is 0.335. The minimum absolute atomic E-state index is 0.202. The van der Waals surface area contributed by atoms with Gasteiger partial charge in [-0.3, -0.25) is 4.79 Å². The summed E-state index contributed by atoms with van der Waals surface area (Å²) in [5, 5.41) is 20.4. The van der Waals surface area contributed by atoms with Crippen LogP contribution in [0, 0.1) is 0 Å². The second-order valence-electron chi connectivity index (χ2n) is 3.99. The molecule has 0 saturated heterocycles. The van der Waals surface area contributed by atoms with Crippen LogP contribution >= 0.6 is 16.1 Å². The van der Waals surface area contributed by atoms with E-state index in [9.17, 15) is 9.90 Å². The summed E-state index contributed by atoms with van der Waals surface area (Å²) < 4.78 is 2.58. The number of rotatable bonds is 4. The van der Waals surface area contributed by atoms with Crippen LogP contribution in [0.2, 0.25) is 0 Å². The van der Waals surface area contributed by atoms with Crippen LogP contribution in [-0.2, 0) is 11.2 Å². The van der Waals surface area contributed by atoms with E-state index in [4.69, 9.17) is 5.11 Å². The van der Waals surface area contributed by atoms with E-state index in [1.165, 1.54) is 0 Å². The van der Waals surface area contributed by atoms with Crippen molar-refractivity contribution in [2.45, 2.75) is 12.5 Å². The molecular weight excluding hydrogens is 298 g/mol. The van der Waals surface area contributed by atoms with Crippen LogP contribution in [0.15, 0.2) is 36.4 Å². The molecule has 0 bridgehead atoms. The topological polar surface area (TPSA) is 69.6 Å². The summed E-state index contributed by atoms with van der Waals surface area (Å²) >= 11 is 2.97. The van der Waals surface area contributed by atoms with Crippen molar-refractivity contribution in [3.8, 4) is 5.75 Å². The number of phenolic OH excluding ortho intramolecular Hbond substituents is 1. The number of hydrogen-bond donors (Lipinski definition) is 3. The third-order valence-corrected chi connectivity index (χ3v) is 3.40. The van der Waals surface area contributed by atoms with E-state index in [0.29, 0.717) is 6.42 Å². The number of nitrogens with one attached hydrogen (secondary N) is 1. The SMILES string of the molecule is O=C(O)[C@H](Cc1ccc(O)c2ccccc12)NBr. The standard InChI is InChI=1S/C13H12BrNO3/c14-15-11(13(17)18)7-8-5-6-12(16)10-4-2-1-3-9(8)10/h1-6,11,15-16H,7H2,(H,17,18)/t11-/m0/s1. The van der Waals surface area contributed by atoms with E-state index < -0.39 is 12.0 Å². The molecule has 0 aliphatic carbocycles. The molecule has 2 aromatic carbocycles. The van der Waals surface area contributed by atoms with Crippen molar-refractivity contribution in [1.82, 2.24) is 4.34 Å². The van der Waals surface area contributed by atoms with Gasteiger partial charge in [0.15, 0.2) is 0 Å². The largest absolute Gasteiger partial charge is 0.507 e. The number of carboxylic acid groups (broad SMARTS) is 1. The van der Waals surface area contributed by atoms with E-state index >= 15 is 0 Å². The highest BCUT2D eigenvalue weighted by molar-refractivity contribution is 9.08. The fourth-order valence-corrected chi connectivity index (χ4v) is 2.27. The molecule has 2 rings (SSSR count). The minimum Gasteiger partial charge on any atom is -0.507 e. The van der Waals surface area contributed by atoms with Gasteiger partial charge in [-0.25, -0.2) is 4.34 Å². The Morgan fingerprint density at radius 1 is 1.22 bits per heavy atom. The van der Waals surface area contributed by atoms with Gasteiger partial charge in [-0.1, -0.05) is 30.3 Å². The molecule has 0 saturated carbocycles. The fraction of sp³-hybridized carbons (Fsp3) is 0.154. The van der Waals surface area contributed by atoms with Gasteiger partial charge in [0, 0.05) is 21.5 Å². The van der Waals surface area contributed by atoms with Crippen LogP contribution in [0.3, 0.4) is 0 Å². The number of carbonyl (C=O) groups is 1. The predicted octanol–water partition coefficient (Wildman–Crippen LogP) is 2.44. The van der Waals surface area contributed by atoms with Gasteiger partial charge in [-0.05, 0) is 23.4 Å². The molecule has 2 aromatic rings. The Kier molecular flexibility index (Phi) is 3.84. The summed E-state index contributed by atoms with van der Waals surface area (Å²) in [6, 6.07) is 10.0. The van der Waals surface area contributed by atoms with Gasteiger partial charge in [0.1, 0.15) is 11.8 Å². The predicted molar refractivity (Wildman–Crippen MR) is 72.8 cm³/mol. The Morgan fingerprint density at radius 2 is 1.89 bits per heavy atom. The maximum absolute atomic E-state index is 11.0. The summed E-state index contributed by atoms with van der Waals surface area (Å²) in [4.78, 5) is 11.0. The third kappa shape index (κ3) is 2.47. The number of carboxylic acids is 1. The van der Waals surface area contributed by atoms with Crippen molar-refractivity contribution in [1.29, 1.82) is 0 Å². The van der Waals surface area contributed by atoms with Crippen LogP contribution in [-0.4, -0.2) is 22.2 Å². The zero-order chi connectivity index (χ0) is 13.1. The molecule has 3 N–H and O–H groups in total. The quantitative estimate of drug-likeness (QED) is 0.759. The molecule has 0 spiro atoms. The molecule has 0 radical (unpaired) electrons. The van der Waals surface area contributed by atoms with E-state index in [-0.39, 0.29) is 5.75 Å². The van der Waals surface area contributed by atoms with Crippen LogP contribution in [0.4, 0.5) is 0 Å². The number of halogens is 1. The molecule has 1 atom stereocenters. The molecule has 0 aliphatic heterocycles. The molecule has 0 unspecified atom stereocenters. The summed E-state index contributed by atoms with van der Waals surface area (Å²) in [5.41, 5.74) is 0.878. The second kappa shape index (κ2) is 5.37. The van der Waals surface area contributed by atoms with Crippen LogP contribution in [0.1, 0.15) is 5.56 Å². The van der Waals surface area contributed by atoms with Crippen LogP contribution < -0.4 is 4.34 Å². The molecule has 5 heteroatoms. The van der Waals surface area contributed by atoms with Crippen molar-refractivity contribution in [3.05, 3.63) is 42.0 Å². The monoisotopic (exact) mass is 309 g/mol. The lowest BCUT2D eigenvalue weighted by Crippen LogP contribution is -2.32. The zero-order valence-corrected chi connectivity index (χ0v) is 11.0. The molecule has 94 valence electrons. The average Bonchev–Trinajstić information content (AvgIpc) is 2.38. The van der Waals surface area contributed by atoms with Gasteiger partial charge in [0.05, 0.1) is 0 Å². The summed E-state index contributed by atoms with van der Waals surface area (Å²) in [6.45, 7) is 0. The maximum atomic E-state index is 11.0. The Bertz CT molecular complexity index is 585. The first-order valence-electron chi connectivity index (χ1n) is 5.42. The zero-order valence-electron chi connectivity index (χ0n) is 9.43. The Balaban J connectivity index is 2.45. The van der Waals surface area contributed by atoms with Gasteiger partial charge < -0.3 is 10.2 Å². The summed E-state index contributed by atoms with van der Waals surface area (Å²) in [5.74, 6) is -0.725. The number of aliphatic carboxylic acids is 1. The maximum Gasteiger partial charge on any atom is 0.321 e. The number of benzene rings is 2. The van der Waals surface area contributed by atoms with Gasteiger partial charge in [-0.2, -0.15) is 0 Å². The normalized spacial score (nSPS) is 12.5. The Labute approximate surface area is 113 Å².